The Balaban J connectivity index is 1.57. The van der Waals surface area contributed by atoms with Crippen LogP contribution in [0.4, 0.5) is 8.78 Å². The highest BCUT2D eigenvalue weighted by molar-refractivity contribution is 8.00. The maximum absolute atomic E-state index is 12.6. The van der Waals surface area contributed by atoms with Crippen molar-refractivity contribution in [2.75, 3.05) is 26.0 Å². The number of alkyl halides is 2. The maximum Gasteiger partial charge on any atom is 0.387 e. The molecule has 2 aliphatic rings. The number of hydrogen-bond acceptors (Lipinski definition) is 6. The van der Waals surface area contributed by atoms with E-state index in [4.69, 9.17) is 4.74 Å². The first-order chi connectivity index (χ1) is 12.0. The first-order valence-corrected chi connectivity index (χ1v) is 8.82. The maximum atomic E-state index is 12.6. The first-order valence-electron chi connectivity index (χ1n) is 7.77. The molecule has 2 fully saturated rings. The molecule has 1 amide bonds. The molecule has 0 saturated carbocycles. The van der Waals surface area contributed by atoms with Gasteiger partial charge in [0.1, 0.15) is 11.8 Å². The van der Waals surface area contributed by atoms with Crippen LogP contribution in [0, 0.1) is 0 Å². The van der Waals surface area contributed by atoms with E-state index in [9.17, 15) is 18.4 Å². The number of carbonyl (C=O) groups is 2. The molecule has 3 unspecified atom stereocenters. The average Bonchev–Trinajstić information content (AvgIpc) is 3.16. The third kappa shape index (κ3) is 4.21. The van der Waals surface area contributed by atoms with Crippen LogP contribution in [0.2, 0.25) is 0 Å². The molecule has 0 radical (unpaired) electrons. The quantitative estimate of drug-likeness (QED) is 0.558. The summed E-state index contributed by atoms with van der Waals surface area (Å²) >= 11 is 1.39. The van der Waals surface area contributed by atoms with Crippen LogP contribution in [0.3, 0.4) is 0 Å². The second kappa shape index (κ2) is 7.57. The molecule has 25 heavy (non-hydrogen) atoms. The Labute approximate surface area is 148 Å². The molecule has 2 aliphatic heterocycles. The van der Waals surface area contributed by atoms with Crippen LogP contribution in [-0.4, -0.2) is 65.7 Å². The predicted octanol–water partition coefficient (Wildman–Crippen LogP) is 1.55. The van der Waals surface area contributed by atoms with Crippen LogP contribution in [0.15, 0.2) is 24.3 Å². The zero-order valence-electron chi connectivity index (χ0n) is 13.6. The van der Waals surface area contributed by atoms with Crippen LogP contribution in [0.5, 0.6) is 5.75 Å². The van der Waals surface area contributed by atoms with Gasteiger partial charge in [0, 0.05) is 25.4 Å². The zero-order valence-corrected chi connectivity index (χ0v) is 14.4. The molecule has 1 aromatic rings. The lowest BCUT2D eigenvalue weighted by Crippen LogP contribution is -2.43. The summed E-state index contributed by atoms with van der Waals surface area (Å²) in [5.74, 6) is 0.282. The van der Waals surface area contributed by atoms with Gasteiger partial charge in [0.05, 0.1) is 7.11 Å². The van der Waals surface area contributed by atoms with Crippen molar-refractivity contribution in [3.63, 3.8) is 0 Å². The third-order valence-corrected chi connectivity index (χ3v) is 5.27. The van der Waals surface area contributed by atoms with Crippen LogP contribution in [-0.2, 0) is 20.9 Å². The highest BCUT2D eigenvalue weighted by atomic mass is 32.2. The average molecular weight is 372 g/mol. The summed E-state index contributed by atoms with van der Waals surface area (Å²) in [4.78, 5) is 27.8. The number of hydrogen-bond donors (Lipinski definition) is 0. The minimum atomic E-state index is -2.87. The van der Waals surface area contributed by atoms with Crippen molar-refractivity contribution in [2.45, 2.75) is 24.6 Å². The van der Waals surface area contributed by atoms with Crippen LogP contribution < -0.4 is 4.74 Å². The molecule has 6 nitrogen and oxygen atoms in total. The molecule has 9 heteroatoms. The fourth-order valence-electron chi connectivity index (χ4n) is 2.82. The molecule has 0 bridgehead atoms. The van der Waals surface area contributed by atoms with Gasteiger partial charge in [0.2, 0.25) is 5.91 Å². The number of halogens is 2. The second-order valence-corrected chi connectivity index (χ2v) is 6.94. The predicted molar refractivity (Wildman–Crippen MR) is 87.2 cm³/mol. The molecule has 0 aliphatic carbocycles. The molecule has 2 saturated heterocycles. The number of esters is 1. The summed E-state index contributed by atoms with van der Waals surface area (Å²) in [6.45, 7) is -1.31. The lowest BCUT2D eigenvalue weighted by atomic mass is 10.2. The first kappa shape index (κ1) is 17.9. The molecule has 3 atom stereocenters. The van der Waals surface area contributed by atoms with Gasteiger partial charge in [-0.15, -0.1) is 11.8 Å². The smallest absolute Gasteiger partial charge is 0.387 e. The number of carbonyl (C=O) groups excluding carboxylic acids is 2. The zero-order chi connectivity index (χ0) is 18.0. The number of thioether (sulfide) groups is 1. The van der Waals surface area contributed by atoms with Gasteiger partial charge in [-0.1, -0.05) is 12.1 Å². The number of nitrogens with zero attached hydrogens (tertiary/aromatic N) is 2. The molecule has 2 heterocycles. The fourth-order valence-corrected chi connectivity index (χ4v) is 3.97. The van der Waals surface area contributed by atoms with E-state index in [1.807, 2.05) is 4.90 Å². The lowest BCUT2D eigenvalue weighted by Gasteiger charge is -2.21. The second-order valence-electron chi connectivity index (χ2n) is 5.75. The van der Waals surface area contributed by atoms with Crippen molar-refractivity contribution in [1.29, 1.82) is 0 Å². The van der Waals surface area contributed by atoms with Crippen molar-refractivity contribution in [1.82, 2.24) is 9.80 Å². The Morgan fingerprint density at radius 3 is 2.92 bits per heavy atom. The van der Waals surface area contributed by atoms with E-state index in [0.29, 0.717) is 25.4 Å². The third-order valence-electron chi connectivity index (χ3n) is 4.09. The van der Waals surface area contributed by atoms with Gasteiger partial charge in [-0.05, 0) is 17.7 Å². The molecule has 3 rings (SSSR count). The monoisotopic (exact) mass is 372 g/mol. The fraction of sp³-hybridized carbons (Fsp3) is 0.500. The van der Waals surface area contributed by atoms with Crippen LogP contribution >= 0.6 is 11.8 Å². The Kier molecular flexibility index (Phi) is 5.43. The molecule has 0 spiro atoms. The van der Waals surface area contributed by atoms with E-state index in [1.165, 1.54) is 31.0 Å². The van der Waals surface area contributed by atoms with Crippen LogP contribution in [0.1, 0.15) is 5.56 Å². The molecule has 1 aromatic carbocycles. The Hall–Kier alpha value is -1.87. The van der Waals surface area contributed by atoms with Gasteiger partial charge < -0.3 is 14.4 Å². The van der Waals surface area contributed by atoms with Crippen molar-refractivity contribution >= 4 is 23.6 Å². The summed E-state index contributed by atoms with van der Waals surface area (Å²) < 4.78 is 33.7. The van der Waals surface area contributed by atoms with E-state index in [0.717, 1.165) is 5.56 Å². The van der Waals surface area contributed by atoms with Crippen molar-refractivity contribution in [3.05, 3.63) is 29.8 Å². The number of amides is 1. The van der Waals surface area contributed by atoms with Crippen molar-refractivity contribution < 1.29 is 27.8 Å². The van der Waals surface area contributed by atoms with Gasteiger partial charge >= 0.3 is 12.6 Å². The van der Waals surface area contributed by atoms with Gasteiger partial charge in [0.25, 0.3) is 0 Å². The highest BCUT2D eigenvalue weighted by Gasteiger charge is 2.46. The standard InChI is InChI=1S/C16H18F2N2O4S/c1-23-15(22)14-20(5-6-25-14)13(21)12-9-19(12)8-10-3-2-4-11(7-10)24-16(17)18/h2-4,7,12,14,16H,5-6,8-9H2,1H3. The summed E-state index contributed by atoms with van der Waals surface area (Å²) in [5, 5.41) is -0.581. The van der Waals surface area contributed by atoms with E-state index in [-0.39, 0.29) is 17.7 Å². The number of rotatable bonds is 6. The van der Waals surface area contributed by atoms with E-state index in [1.54, 1.807) is 17.0 Å². The van der Waals surface area contributed by atoms with Gasteiger partial charge in [-0.3, -0.25) is 9.69 Å². The Morgan fingerprint density at radius 2 is 2.20 bits per heavy atom. The topological polar surface area (TPSA) is 58.8 Å². The number of methoxy groups -OCH3 is 1. The number of benzene rings is 1. The van der Waals surface area contributed by atoms with Crippen molar-refractivity contribution in [3.8, 4) is 5.75 Å². The van der Waals surface area contributed by atoms with Gasteiger partial charge in [-0.25, -0.2) is 4.79 Å². The Morgan fingerprint density at radius 1 is 1.40 bits per heavy atom. The summed E-state index contributed by atoms with van der Waals surface area (Å²) in [6.07, 6.45) is 0. The SMILES string of the molecule is COC(=O)C1SCCN1C(=O)C1CN1Cc1cccc(OC(F)F)c1. The molecule has 0 N–H and O–H groups in total. The summed E-state index contributed by atoms with van der Waals surface area (Å²) in [5.41, 5.74) is 0.786. The van der Waals surface area contributed by atoms with Crippen molar-refractivity contribution in [2.24, 2.45) is 0 Å². The molecule has 136 valence electrons. The number of ether oxygens (including phenoxy) is 2. The van der Waals surface area contributed by atoms with Crippen LogP contribution in [0.25, 0.3) is 0 Å². The highest BCUT2D eigenvalue weighted by Crippen LogP contribution is 2.30. The van der Waals surface area contributed by atoms with E-state index < -0.39 is 18.0 Å². The lowest BCUT2D eigenvalue weighted by molar-refractivity contribution is -0.148. The van der Waals surface area contributed by atoms with E-state index >= 15 is 0 Å². The summed E-state index contributed by atoms with van der Waals surface area (Å²) in [7, 11) is 1.31. The van der Waals surface area contributed by atoms with Gasteiger partial charge in [-0.2, -0.15) is 8.78 Å². The molecular weight excluding hydrogens is 354 g/mol. The molecule has 0 aromatic heterocycles. The minimum Gasteiger partial charge on any atom is -0.467 e. The molecular formula is C16H18F2N2O4S. The summed E-state index contributed by atoms with van der Waals surface area (Å²) in [6, 6.07) is 6.14. The van der Waals surface area contributed by atoms with Gasteiger partial charge in [0.15, 0.2) is 5.37 Å². The van der Waals surface area contributed by atoms with E-state index in [2.05, 4.69) is 4.74 Å². The largest absolute Gasteiger partial charge is 0.467 e. The normalized spacial score (nSPS) is 25.1. The minimum absolute atomic E-state index is 0.0962. The Bertz CT molecular complexity index is 661.